The zero-order chi connectivity index (χ0) is 21.3. The van der Waals surface area contributed by atoms with E-state index in [1.54, 1.807) is 60.7 Å². The Kier molecular flexibility index (Phi) is 5.24. The van der Waals surface area contributed by atoms with Crippen LogP contribution >= 0.6 is 0 Å². The van der Waals surface area contributed by atoms with E-state index < -0.39 is 10.1 Å². The Labute approximate surface area is 174 Å². The predicted molar refractivity (Wildman–Crippen MR) is 112 cm³/mol. The molecule has 0 N–H and O–H groups in total. The minimum atomic E-state index is -3.81. The van der Waals surface area contributed by atoms with Gasteiger partial charge in [-0.3, -0.25) is 13.8 Å². The van der Waals surface area contributed by atoms with Crippen molar-refractivity contribution >= 4 is 27.6 Å². The average molecular weight is 421 g/mol. The summed E-state index contributed by atoms with van der Waals surface area (Å²) in [5, 5.41) is 0. The first-order valence-corrected chi connectivity index (χ1v) is 10.8. The first kappa shape index (κ1) is 20.0. The van der Waals surface area contributed by atoms with Gasteiger partial charge in [0.15, 0.2) is 0 Å². The van der Waals surface area contributed by atoms with Gasteiger partial charge in [0.1, 0.15) is 0 Å². The molecule has 1 aliphatic heterocycles. The van der Waals surface area contributed by atoms with Crippen LogP contribution in [0.1, 0.15) is 31.8 Å². The molecule has 0 unspecified atom stereocenters. The highest BCUT2D eigenvalue weighted by Gasteiger charge is 2.36. The molecule has 6 nitrogen and oxygen atoms in total. The van der Waals surface area contributed by atoms with E-state index in [-0.39, 0.29) is 23.3 Å². The smallest absolute Gasteiger partial charge is 0.268 e. The molecular weight excluding hydrogens is 402 g/mol. The molecule has 152 valence electrons. The molecule has 0 spiro atoms. The van der Waals surface area contributed by atoms with Crippen molar-refractivity contribution in [3.63, 3.8) is 0 Å². The number of aryl methyl sites for hydroxylation is 1. The number of hydrogen-bond acceptors (Lipinski definition) is 5. The van der Waals surface area contributed by atoms with Crippen molar-refractivity contribution in [3.05, 3.63) is 95.1 Å². The van der Waals surface area contributed by atoms with Gasteiger partial charge in [-0.05, 0) is 55.3 Å². The summed E-state index contributed by atoms with van der Waals surface area (Å²) in [5.74, 6) is -0.702. The Morgan fingerprint density at radius 3 is 1.93 bits per heavy atom. The van der Waals surface area contributed by atoms with Crippen LogP contribution in [0.3, 0.4) is 0 Å². The van der Waals surface area contributed by atoms with Crippen molar-refractivity contribution in [2.24, 2.45) is 0 Å². The fourth-order valence-electron chi connectivity index (χ4n) is 3.28. The molecule has 1 heterocycles. The number of imide groups is 1. The molecule has 0 radical (unpaired) electrons. The van der Waals surface area contributed by atoms with E-state index in [4.69, 9.17) is 4.18 Å². The zero-order valence-corrected chi connectivity index (χ0v) is 17.1. The first-order chi connectivity index (χ1) is 14.4. The summed E-state index contributed by atoms with van der Waals surface area (Å²) in [6.07, 6.45) is 0.369. The summed E-state index contributed by atoms with van der Waals surface area (Å²) < 4.78 is 29.6. The fraction of sp³-hybridized carbons (Fsp3) is 0.130. The first-order valence-electron chi connectivity index (χ1n) is 9.40. The lowest BCUT2D eigenvalue weighted by Crippen LogP contribution is -2.29. The number of hydrogen-bond donors (Lipinski definition) is 0. The second-order valence-electron chi connectivity index (χ2n) is 7.00. The number of nitrogens with zero attached hydrogens (tertiary/aromatic N) is 1. The third-order valence-corrected chi connectivity index (χ3v) is 6.25. The minimum absolute atomic E-state index is 0.0113. The molecule has 30 heavy (non-hydrogen) atoms. The van der Waals surface area contributed by atoms with E-state index >= 15 is 0 Å². The fourth-order valence-corrected chi connectivity index (χ4v) is 4.19. The van der Waals surface area contributed by atoms with Crippen LogP contribution in [0.2, 0.25) is 0 Å². The number of rotatable bonds is 6. The minimum Gasteiger partial charge on any atom is -0.268 e. The summed E-state index contributed by atoms with van der Waals surface area (Å²) >= 11 is 0. The zero-order valence-electron chi connectivity index (χ0n) is 16.2. The number of carbonyl (C=O) groups is 2. The monoisotopic (exact) mass is 421 g/mol. The summed E-state index contributed by atoms with van der Waals surface area (Å²) in [6, 6.07) is 20.0. The molecule has 0 aliphatic carbocycles. The molecule has 0 atom stereocenters. The largest absolute Gasteiger partial charge is 0.296 e. The Bertz CT molecular complexity index is 1180. The Morgan fingerprint density at radius 1 is 0.800 bits per heavy atom. The van der Waals surface area contributed by atoms with Gasteiger partial charge in [-0.2, -0.15) is 8.42 Å². The second-order valence-corrected chi connectivity index (χ2v) is 8.61. The predicted octanol–water partition coefficient (Wildman–Crippen LogP) is 3.74. The molecular formula is C23H19NO5S. The van der Waals surface area contributed by atoms with Gasteiger partial charge >= 0.3 is 0 Å². The summed E-state index contributed by atoms with van der Waals surface area (Å²) in [7, 11) is -3.81. The topological polar surface area (TPSA) is 80.8 Å². The molecule has 3 aromatic carbocycles. The molecule has 3 aromatic rings. The van der Waals surface area contributed by atoms with Gasteiger partial charge in [-0.25, -0.2) is 4.90 Å². The molecule has 0 fully saturated rings. The molecule has 1 aliphatic rings. The van der Waals surface area contributed by atoms with Gasteiger partial charge in [-0.15, -0.1) is 0 Å². The normalized spacial score (nSPS) is 13.6. The molecule has 2 amide bonds. The number of carbonyl (C=O) groups excluding carboxylic acids is 2. The second kappa shape index (κ2) is 7.85. The standard InChI is InChI=1S/C23H19NO5S/c1-16-6-12-19(13-7-16)30(27,28)29-15-14-17-8-10-18(11-9-17)24-22(25)20-4-2-3-5-21(20)23(24)26/h2-13H,14-15H2,1H3. The lowest BCUT2D eigenvalue weighted by Gasteiger charge is -2.14. The van der Waals surface area contributed by atoms with E-state index in [1.807, 2.05) is 6.92 Å². The highest BCUT2D eigenvalue weighted by molar-refractivity contribution is 7.86. The number of amides is 2. The molecule has 7 heteroatoms. The van der Waals surface area contributed by atoms with Crippen LogP contribution in [0.25, 0.3) is 0 Å². The van der Waals surface area contributed by atoms with Crippen molar-refractivity contribution < 1.29 is 22.2 Å². The maximum Gasteiger partial charge on any atom is 0.296 e. The average Bonchev–Trinajstić information content (AvgIpc) is 2.99. The van der Waals surface area contributed by atoms with E-state index in [0.29, 0.717) is 23.2 Å². The third-order valence-electron chi connectivity index (χ3n) is 4.93. The molecule has 0 saturated heterocycles. The highest BCUT2D eigenvalue weighted by Crippen LogP contribution is 2.28. The summed E-state index contributed by atoms with van der Waals surface area (Å²) in [5.41, 5.74) is 3.04. The van der Waals surface area contributed by atoms with E-state index in [9.17, 15) is 18.0 Å². The highest BCUT2D eigenvalue weighted by atomic mass is 32.2. The number of anilines is 1. The van der Waals surface area contributed by atoms with Crippen LogP contribution in [0, 0.1) is 6.92 Å². The van der Waals surface area contributed by atoms with Crippen molar-refractivity contribution in [3.8, 4) is 0 Å². The summed E-state index contributed by atoms with van der Waals surface area (Å²) in [4.78, 5) is 26.4. The third kappa shape index (κ3) is 3.77. The van der Waals surface area contributed by atoms with E-state index in [0.717, 1.165) is 16.0 Å². The lowest BCUT2D eigenvalue weighted by molar-refractivity contribution is 0.0926. The van der Waals surface area contributed by atoms with Crippen LogP contribution in [0.4, 0.5) is 5.69 Å². The SMILES string of the molecule is Cc1ccc(S(=O)(=O)OCCc2ccc(N3C(=O)c4ccccc4C3=O)cc2)cc1. The Morgan fingerprint density at radius 2 is 1.37 bits per heavy atom. The maximum atomic E-state index is 12.5. The van der Waals surface area contributed by atoms with Gasteiger partial charge in [0.2, 0.25) is 0 Å². The molecule has 0 aromatic heterocycles. The Balaban J connectivity index is 1.41. The summed E-state index contributed by atoms with van der Waals surface area (Å²) in [6.45, 7) is 1.87. The quantitative estimate of drug-likeness (QED) is 0.447. The van der Waals surface area contributed by atoms with E-state index in [2.05, 4.69) is 0 Å². The van der Waals surface area contributed by atoms with Crippen LogP contribution in [-0.2, 0) is 20.7 Å². The van der Waals surface area contributed by atoms with Crippen molar-refractivity contribution in [2.45, 2.75) is 18.2 Å². The lowest BCUT2D eigenvalue weighted by atomic mass is 10.1. The van der Waals surface area contributed by atoms with Gasteiger partial charge < -0.3 is 0 Å². The van der Waals surface area contributed by atoms with Crippen molar-refractivity contribution in [1.82, 2.24) is 0 Å². The maximum absolute atomic E-state index is 12.5. The van der Waals surface area contributed by atoms with Crippen LogP contribution in [-0.4, -0.2) is 26.8 Å². The van der Waals surface area contributed by atoms with Crippen LogP contribution in [0.15, 0.2) is 77.7 Å². The van der Waals surface area contributed by atoms with E-state index in [1.165, 1.54) is 12.1 Å². The van der Waals surface area contributed by atoms with Crippen molar-refractivity contribution in [2.75, 3.05) is 11.5 Å². The number of benzene rings is 3. The Hall–Kier alpha value is -3.29. The van der Waals surface area contributed by atoms with Gasteiger partial charge in [-0.1, -0.05) is 42.0 Å². The van der Waals surface area contributed by atoms with Gasteiger partial charge in [0.25, 0.3) is 21.9 Å². The van der Waals surface area contributed by atoms with Crippen LogP contribution in [0.5, 0.6) is 0 Å². The molecule has 4 rings (SSSR count). The van der Waals surface area contributed by atoms with Crippen LogP contribution < -0.4 is 4.90 Å². The molecule has 0 bridgehead atoms. The van der Waals surface area contributed by atoms with Gasteiger partial charge in [0, 0.05) is 0 Å². The molecule has 0 saturated carbocycles. The van der Waals surface area contributed by atoms with Gasteiger partial charge in [0.05, 0.1) is 28.3 Å². The number of fused-ring (bicyclic) bond motifs is 1. The van der Waals surface area contributed by atoms with Crippen molar-refractivity contribution in [1.29, 1.82) is 0 Å².